The summed E-state index contributed by atoms with van der Waals surface area (Å²) in [4.78, 5) is 21.4. The predicted octanol–water partition coefficient (Wildman–Crippen LogP) is 1.83. The second-order valence-electron chi connectivity index (χ2n) is 4.69. The lowest BCUT2D eigenvalue weighted by atomic mass is 9.95. The van der Waals surface area contributed by atoms with Gasteiger partial charge in [-0.15, -0.1) is 0 Å². The lowest BCUT2D eigenvalue weighted by Crippen LogP contribution is -2.60. The Bertz CT molecular complexity index is 229. The van der Waals surface area contributed by atoms with Gasteiger partial charge in [0, 0.05) is 0 Å². The van der Waals surface area contributed by atoms with Gasteiger partial charge in [-0.1, -0.05) is 6.92 Å². The van der Waals surface area contributed by atoms with Crippen LogP contribution < -0.4 is 0 Å². The van der Waals surface area contributed by atoms with E-state index in [1.165, 1.54) is 0 Å². The molecule has 1 rings (SSSR count). The van der Waals surface area contributed by atoms with Crippen molar-refractivity contribution in [3.63, 3.8) is 0 Å². The van der Waals surface area contributed by atoms with Crippen LogP contribution in [0, 0.1) is 0 Å². The molecule has 0 spiro atoms. The molecule has 0 radical (unpaired) electrons. The first-order valence-electron chi connectivity index (χ1n) is 4.87. The molecule has 0 N–H and O–H groups in total. The van der Waals surface area contributed by atoms with Gasteiger partial charge in [-0.25, -0.2) is 14.6 Å². The Morgan fingerprint density at radius 2 is 2.07 bits per heavy atom. The number of hydrogen-bond acceptors (Lipinski definition) is 4. The van der Waals surface area contributed by atoms with Gasteiger partial charge in [0.15, 0.2) is 0 Å². The van der Waals surface area contributed by atoms with Gasteiger partial charge in [0.25, 0.3) is 0 Å². The fourth-order valence-corrected chi connectivity index (χ4v) is 1.26. The third-order valence-corrected chi connectivity index (χ3v) is 2.13. The smallest absolute Gasteiger partial charge is 0.344 e. The Balaban J connectivity index is 2.61. The zero-order valence-electron chi connectivity index (χ0n) is 9.42. The van der Waals surface area contributed by atoms with E-state index in [-0.39, 0.29) is 12.1 Å². The molecular weight excluding hydrogens is 184 g/mol. The molecule has 2 atom stereocenters. The average Bonchev–Trinajstić information content (AvgIpc) is 1.98. The molecule has 0 aromatic rings. The Kier molecular flexibility index (Phi) is 2.88. The van der Waals surface area contributed by atoms with Gasteiger partial charge < -0.3 is 4.74 Å². The molecule has 0 amide bonds. The highest BCUT2D eigenvalue weighted by Crippen LogP contribution is 2.34. The molecule has 0 bridgehead atoms. The van der Waals surface area contributed by atoms with E-state index in [2.05, 4.69) is 0 Å². The summed E-state index contributed by atoms with van der Waals surface area (Å²) >= 11 is 0. The maximum absolute atomic E-state index is 11.7. The minimum absolute atomic E-state index is 0.197. The molecule has 2 unspecified atom stereocenters. The van der Waals surface area contributed by atoms with Gasteiger partial charge in [0.05, 0.1) is 0 Å². The van der Waals surface area contributed by atoms with E-state index in [1.807, 2.05) is 27.7 Å². The number of hydrogen-bond donors (Lipinski definition) is 0. The van der Waals surface area contributed by atoms with Crippen molar-refractivity contribution in [1.29, 1.82) is 0 Å². The van der Waals surface area contributed by atoms with Gasteiger partial charge in [-0.2, -0.15) is 0 Å². The normalized spacial score (nSPS) is 32.2. The summed E-state index contributed by atoms with van der Waals surface area (Å²) in [5.41, 5.74) is -1.42. The van der Waals surface area contributed by atoms with Crippen molar-refractivity contribution < 1.29 is 19.3 Å². The van der Waals surface area contributed by atoms with E-state index in [9.17, 15) is 4.79 Å². The van der Waals surface area contributed by atoms with Crippen molar-refractivity contribution in [2.24, 2.45) is 0 Å². The highest BCUT2D eigenvalue weighted by atomic mass is 17.3. The summed E-state index contributed by atoms with van der Waals surface area (Å²) in [6, 6.07) is 0. The molecule has 1 saturated heterocycles. The molecule has 1 heterocycles. The zero-order chi connectivity index (χ0) is 11.0. The minimum Gasteiger partial charge on any atom is -0.458 e. The Hall–Kier alpha value is -0.610. The predicted molar refractivity (Wildman–Crippen MR) is 50.5 cm³/mol. The lowest BCUT2D eigenvalue weighted by molar-refractivity contribution is -0.493. The van der Waals surface area contributed by atoms with E-state index in [0.717, 1.165) is 6.42 Å². The molecule has 0 saturated carbocycles. The number of ether oxygens (including phenoxy) is 1. The largest absolute Gasteiger partial charge is 0.458 e. The van der Waals surface area contributed by atoms with Gasteiger partial charge in [0.1, 0.15) is 11.7 Å². The van der Waals surface area contributed by atoms with Crippen molar-refractivity contribution in [2.45, 2.75) is 58.3 Å². The fraction of sp³-hybridized carbons (Fsp3) is 0.900. The Morgan fingerprint density at radius 1 is 1.50 bits per heavy atom. The van der Waals surface area contributed by atoms with Crippen LogP contribution >= 0.6 is 0 Å². The molecule has 0 aromatic heterocycles. The standard InChI is InChI=1S/C10H18O4/c1-6-7-10(5,14-13-7)8(11)12-9(2,3)4/h7H,6H2,1-5H3. The third kappa shape index (κ3) is 2.07. The van der Waals surface area contributed by atoms with Gasteiger partial charge in [-0.3, -0.25) is 0 Å². The summed E-state index contributed by atoms with van der Waals surface area (Å²) < 4.78 is 5.23. The van der Waals surface area contributed by atoms with Crippen LogP contribution in [0.3, 0.4) is 0 Å². The van der Waals surface area contributed by atoms with Crippen LogP contribution in [0.4, 0.5) is 0 Å². The molecule has 4 heteroatoms. The van der Waals surface area contributed by atoms with Crippen molar-refractivity contribution in [3.8, 4) is 0 Å². The van der Waals surface area contributed by atoms with Crippen molar-refractivity contribution in [2.75, 3.05) is 0 Å². The summed E-state index contributed by atoms with van der Waals surface area (Å²) in [7, 11) is 0. The first-order chi connectivity index (χ1) is 6.29. The van der Waals surface area contributed by atoms with E-state index in [4.69, 9.17) is 14.5 Å². The van der Waals surface area contributed by atoms with Gasteiger partial charge in [0.2, 0.25) is 5.60 Å². The van der Waals surface area contributed by atoms with Crippen LogP contribution in [0.25, 0.3) is 0 Å². The number of esters is 1. The maximum atomic E-state index is 11.7. The Morgan fingerprint density at radius 3 is 2.36 bits per heavy atom. The molecule has 0 aromatic carbocycles. The molecule has 1 fully saturated rings. The van der Waals surface area contributed by atoms with Crippen LogP contribution in [0.5, 0.6) is 0 Å². The van der Waals surface area contributed by atoms with E-state index < -0.39 is 11.2 Å². The number of carbonyl (C=O) groups excluding carboxylic acids is 1. The van der Waals surface area contributed by atoms with Gasteiger partial charge >= 0.3 is 5.97 Å². The fourth-order valence-electron chi connectivity index (χ4n) is 1.26. The summed E-state index contributed by atoms with van der Waals surface area (Å²) in [6.45, 7) is 9.12. The number of carbonyl (C=O) groups is 1. The lowest BCUT2D eigenvalue weighted by Gasteiger charge is -2.42. The summed E-state index contributed by atoms with van der Waals surface area (Å²) in [5, 5.41) is 0. The topological polar surface area (TPSA) is 44.8 Å². The van der Waals surface area contributed by atoms with Crippen molar-refractivity contribution >= 4 is 5.97 Å². The first-order valence-corrected chi connectivity index (χ1v) is 4.87. The second-order valence-corrected chi connectivity index (χ2v) is 4.69. The molecule has 14 heavy (non-hydrogen) atoms. The third-order valence-electron chi connectivity index (χ3n) is 2.13. The van der Waals surface area contributed by atoms with Gasteiger partial charge in [-0.05, 0) is 34.1 Å². The molecule has 82 valence electrons. The van der Waals surface area contributed by atoms with E-state index in [1.54, 1.807) is 6.92 Å². The summed E-state index contributed by atoms with van der Waals surface area (Å²) in [6.07, 6.45) is 0.535. The van der Waals surface area contributed by atoms with Crippen LogP contribution in [0.2, 0.25) is 0 Å². The molecule has 1 aliphatic heterocycles. The van der Waals surface area contributed by atoms with Crippen LogP contribution in [0.15, 0.2) is 0 Å². The highest BCUT2D eigenvalue weighted by Gasteiger charge is 2.55. The Labute approximate surface area is 84.4 Å². The quantitative estimate of drug-likeness (QED) is 0.506. The van der Waals surface area contributed by atoms with Crippen LogP contribution in [-0.2, 0) is 19.3 Å². The van der Waals surface area contributed by atoms with E-state index >= 15 is 0 Å². The van der Waals surface area contributed by atoms with Crippen LogP contribution in [-0.4, -0.2) is 23.3 Å². The first kappa shape index (κ1) is 11.5. The molecular formula is C10H18O4. The maximum Gasteiger partial charge on any atom is 0.344 e. The zero-order valence-corrected chi connectivity index (χ0v) is 9.42. The monoisotopic (exact) mass is 202 g/mol. The summed E-state index contributed by atoms with van der Waals surface area (Å²) in [5.74, 6) is -0.358. The van der Waals surface area contributed by atoms with Crippen molar-refractivity contribution in [1.82, 2.24) is 0 Å². The second kappa shape index (κ2) is 3.51. The minimum atomic E-state index is -0.929. The van der Waals surface area contributed by atoms with E-state index in [0.29, 0.717) is 0 Å². The SMILES string of the molecule is CCC1OOC1(C)C(=O)OC(C)(C)C. The van der Waals surface area contributed by atoms with Crippen molar-refractivity contribution in [3.05, 3.63) is 0 Å². The average molecular weight is 202 g/mol. The number of rotatable bonds is 2. The molecule has 1 aliphatic rings. The molecule has 4 nitrogen and oxygen atoms in total. The highest BCUT2D eigenvalue weighted by molar-refractivity contribution is 5.80. The molecule has 0 aliphatic carbocycles. The van der Waals surface area contributed by atoms with Crippen LogP contribution in [0.1, 0.15) is 41.0 Å².